The van der Waals surface area contributed by atoms with Crippen molar-refractivity contribution in [1.82, 2.24) is 0 Å². The molecule has 1 aliphatic rings. The Hall–Kier alpha value is -1.51. The van der Waals surface area contributed by atoms with Gasteiger partial charge in [-0.1, -0.05) is 25.1 Å². The Bertz CT molecular complexity index is 412. The molecule has 0 aromatic heterocycles. The molecule has 2 rings (SSSR count). The van der Waals surface area contributed by atoms with E-state index in [4.69, 9.17) is 9.84 Å². The molecule has 0 saturated heterocycles. The molecule has 16 heavy (non-hydrogen) atoms. The topological polar surface area (TPSA) is 46.5 Å². The van der Waals surface area contributed by atoms with Gasteiger partial charge in [0.25, 0.3) is 0 Å². The molecular formula is C13H16O3. The number of aliphatic carboxylic acids is 1. The van der Waals surface area contributed by atoms with Crippen molar-refractivity contribution >= 4 is 5.97 Å². The van der Waals surface area contributed by atoms with Gasteiger partial charge in [0.15, 0.2) is 0 Å². The molecule has 2 unspecified atom stereocenters. The molecule has 1 aromatic carbocycles. The highest BCUT2D eigenvalue weighted by molar-refractivity contribution is 5.72. The molecule has 3 heteroatoms. The zero-order valence-electron chi connectivity index (χ0n) is 9.56. The molecule has 0 fully saturated rings. The van der Waals surface area contributed by atoms with Gasteiger partial charge in [0.1, 0.15) is 11.9 Å². The molecule has 1 heterocycles. The zero-order chi connectivity index (χ0) is 11.7. The monoisotopic (exact) mass is 220 g/mol. The third kappa shape index (κ3) is 1.77. The minimum atomic E-state index is -0.765. The summed E-state index contributed by atoms with van der Waals surface area (Å²) in [6, 6.07) is 5.89. The molecule has 3 nitrogen and oxygen atoms in total. The predicted octanol–water partition coefficient (Wildman–Crippen LogP) is 2.41. The first kappa shape index (κ1) is 11.0. The maximum absolute atomic E-state index is 11.1. The number of benzene rings is 1. The molecule has 0 amide bonds. The van der Waals surface area contributed by atoms with E-state index in [2.05, 4.69) is 0 Å². The largest absolute Gasteiger partial charge is 0.489 e. The third-order valence-electron chi connectivity index (χ3n) is 3.17. The fourth-order valence-corrected chi connectivity index (χ4v) is 2.26. The van der Waals surface area contributed by atoms with Crippen molar-refractivity contribution in [3.05, 3.63) is 29.3 Å². The fraction of sp³-hybridized carbons (Fsp3) is 0.462. The second kappa shape index (κ2) is 4.16. The van der Waals surface area contributed by atoms with E-state index in [1.165, 1.54) is 0 Å². The van der Waals surface area contributed by atoms with E-state index in [1.54, 1.807) is 0 Å². The number of fused-ring (bicyclic) bond motifs is 1. The lowest BCUT2D eigenvalue weighted by molar-refractivity contribution is -0.145. The van der Waals surface area contributed by atoms with E-state index in [1.807, 2.05) is 32.0 Å². The van der Waals surface area contributed by atoms with Crippen molar-refractivity contribution in [1.29, 1.82) is 0 Å². The van der Waals surface area contributed by atoms with Crippen LogP contribution in [-0.4, -0.2) is 17.2 Å². The summed E-state index contributed by atoms with van der Waals surface area (Å²) in [6.07, 6.45) is 1.10. The molecule has 0 saturated carbocycles. The first-order valence-electron chi connectivity index (χ1n) is 5.61. The average molecular weight is 220 g/mol. The molecule has 0 spiro atoms. The Balaban J connectivity index is 2.37. The van der Waals surface area contributed by atoms with Crippen LogP contribution >= 0.6 is 0 Å². The van der Waals surface area contributed by atoms with Crippen molar-refractivity contribution in [2.45, 2.75) is 32.8 Å². The molecule has 0 radical (unpaired) electrons. The van der Waals surface area contributed by atoms with Gasteiger partial charge in [-0.05, 0) is 30.9 Å². The maximum Gasteiger partial charge on any atom is 0.310 e. The van der Waals surface area contributed by atoms with Gasteiger partial charge in [-0.25, -0.2) is 0 Å². The third-order valence-corrected chi connectivity index (χ3v) is 3.17. The molecule has 0 bridgehead atoms. The van der Waals surface area contributed by atoms with Crippen LogP contribution in [0, 0.1) is 12.8 Å². The first-order chi connectivity index (χ1) is 7.63. The Morgan fingerprint density at radius 1 is 1.56 bits per heavy atom. The number of hydrogen-bond donors (Lipinski definition) is 1. The predicted molar refractivity (Wildman–Crippen MR) is 60.7 cm³/mol. The second-order valence-corrected chi connectivity index (χ2v) is 4.28. The molecule has 86 valence electrons. The van der Waals surface area contributed by atoms with E-state index in [0.29, 0.717) is 6.42 Å². The van der Waals surface area contributed by atoms with Crippen LogP contribution in [0.15, 0.2) is 18.2 Å². The summed E-state index contributed by atoms with van der Waals surface area (Å²) in [6.45, 7) is 3.95. The summed E-state index contributed by atoms with van der Waals surface area (Å²) in [5.74, 6) is -0.301. The Kier molecular flexibility index (Phi) is 2.86. The van der Waals surface area contributed by atoms with E-state index >= 15 is 0 Å². The van der Waals surface area contributed by atoms with Crippen LogP contribution in [0.2, 0.25) is 0 Å². The van der Waals surface area contributed by atoms with Crippen LogP contribution in [-0.2, 0) is 11.2 Å². The van der Waals surface area contributed by atoms with Crippen LogP contribution in [0.4, 0.5) is 0 Å². The van der Waals surface area contributed by atoms with Gasteiger partial charge in [-0.15, -0.1) is 0 Å². The van der Waals surface area contributed by atoms with Gasteiger partial charge in [0, 0.05) is 0 Å². The SMILES string of the molecule is CCC1Oc2c(C)cccc2CC1C(=O)O. The number of aryl methyl sites for hydroxylation is 1. The number of para-hydroxylation sites is 1. The number of hydrogen-bond acceptors (Lipinski definition) is 2. The van der Waals surface area contributed by atoms with Gasteiger partial charge in [0.05, 0.1) is 5.92 Å². The van der Waals surface area contributed by atoms with Gasteiger partial charge < -0.3 is 9.84 Å². The highest BCUT2D eigenvalue weighted by Crippen LogP contribution is 2.34. The summed E-state index contributed by atoms with van der Waals surface area (Å²) in [4.78, 5) is 11.1. The number of carboxylic acids is 1. The van der Waals surface area contributed by atoms with Crippen molar-refractivity contribution in [3.8, 4) is 5.75 Å². The number of carbonyl (C=O) groups is 1. The van der Waals surface area contributed by atoms with Gasteiger partial charge in [-0.2, -0.15) is 0 Å². The van der Waals surface area contributed by atoms with Crippen LogP contribution in [0.1, 0.15) is 24.5 Å². The average Bonchev–Trinajstić information content (AvgIpc) is 2.28. The van der Waals surface area contributed by atoms with Gasteiger partial charge >= 0.3 is 5.97 Å². The fourth-order valence-electron chi connectivity index (χ4n) is 2.26. The zero-order valence-corrected chi connectivity index (χ0v) is 9.56. The summed E-state index contributed by atoms with van der Waals surface area (Å²) in [5.41, 5.74) is 2.09. The van der Waals surface area contributed by atoms with E-state index in [0.717, 1.165) is 23.3 Å². The molecular weight excluding hydrogens is 204 g/mol. The smallest absolute Gasteiger partial charge is 0.310 e. The highest BCUT2D eigenvalue weighted by atomic mass is 16.5. The molecule has 0 aliphatic carbocycles. The Morgan fingerprint density at radius 3 is 2.94 bits per heavy atom. The lowest BCUT2D eigenvalue weighted by Crippen LogP contribution is -2.37. The quantitative estimate of drug-likeness (QED) is 0.832. The Labute approximate surface area is 95.0 Å². The lowest BCUT2D eigenvalue weighted by atomic mass is 9.88. The van der Waals surface area contributed by atoms with Crippen molar-refractivity contribution < 1.29 is 14.6 Å². The summed E-state index contributed by atoms with van der Waals surface area (Å²) in [5, 5.41) is 9.15. The Morgan fingerprint density at radius 2 is 2.31 bits per heavy atom. The molecule has 1 N–H and O–H groups in total. The van der Waals surface area contributed by atoms with Gasteiger partial charge in [-0.3, -0.25) is 4.79 Å². The maximum atomic E-state index is 11.1. The van der Waals surface area contributed by atoms with Crippen molar-refractivity contribution in [2.75, 3.05) is 0 Å². The number of ether oxygens (including phenoxy) is 1. The minimum absolute atomic E-state index is 0.203. The minimum Gasteiger partial charge on any atom is -0.489 e. The number of rotatable bonds is 2. The van der Waals surface area contributed by atoms with Gasteiger partial charge in [0.2, 0.25) is 0 Å². The summed E-state index contributed by atoms with van der Waals surface area (Å²) >= 11 is 0. The standard InChI is InChI=1S/C13H16O3/c1-3-11-10(13(14)15)7-9-6-4-5-8(2)12(9)16-11/h4-6,10-11H,3,7H2,1-2H3,(H,14,15). The van der Waals surface area contributed by atoms with Crippen LogP contribution in [0.3, 0.4) is 0 Å². The highest BCUT2D eigenvalue weighted by Gasteiger charge is 2.34. The molecule has 2 atom stereocenters. The van der Waals surface area contributed by atoms with Crippen LogP contribution in [0.5, 0.6) is 5.75 Å². The normalized spacial score (nSPS) is 23.4. The summed E-state index contributed by atoms with van der Waals surface area (Å²) in [7, 11) is 0. The van der Waals surface area contributed by atoms with Crippen LogP contribution in [0.25, 0.3) is 0 Å². The summed E-state index contributed by atoms with van der Waals surface area (Å²) < 4.78 is 5.80. The van der Waals surface area contributed by atoms with Crippen molar-refractivity contribution in [2.24, 2.45) is 5.92 Å². The van der Waals surface area contributed by atoms with Crippen LogP contribution < -0.4 is 4.74 Å². The molecule has 1 aliphatic heterocycles. The first-order valence-corrected chi connectivity index (χ1v) is 5.61. The molecule has 1 aromatic rings. The van der Waals surface area contributed by atoms with E-state index < -0.39 is 11.9 Å². The number of carboxylic acid groups (broad SMARTS) is 1. The second-order valence-electron chi connectivity index (χ2n) is 4.28. The van der Waals surface area contributed by atoms with Crippen molar-refractivity contribution in [3.63, 3.8) is 0 Å². The van der Waals surface area contributed by atoms with E-state index in [9.17, 15) is 4.79 Å². The lowest BCUT2D eigenvalue weighted by Gasteiger charge is -2.31. The van der Waals surface area contributed by atoms with E-state index in [-0.39, 0.29) is 6.10 Å².